The number of rotatable bonds is 5. The third-order valence-electron chi connectivity index (χ3n) is 3.64. The molecule has 0 aliphatic carbocycles. The van der Waals surface area contributed by atoms with Gasteiger partial charge in [-0.3, -0.25) is 0 Å². The van der Waals surface area contributed by atoms with E-state index >= 15 is 0 Å². The van der Waals surface area contributed by atoms with Crippen LogP contribution in [0.15, 0.2) is 18.2 Å². The summed E-state index contributed by atoms with van der Waals surface area (Å²) < 4.78 is 5.47. The predicted molar refractivity (Wildman–Crippen MR) is 76.6 cm³/mol. The highest BCUT2D eigenvalue weighted by atomic mass is 16.5. The first-order valence-corrected chi connectivity index (χ1v) is 6.85. The van der Waals surface area contributed by atoms with E-state index in [9.17, 15) is 0 Å². The van der Waals surface area contributed by atoms with Gasteiger partial charge in [0.25, 0.3) is 0 Å². The Labute approximate surface area is 110 Å². The molecule has 18 heavy (non-hydrogen) atoms. The Bertz CT molecular complexity index is 392. The van der Waals surface area contributed by atoms with Crippen molar-refractivity contribution in [2.75, 3.05) is 38.2 Å². The van der Waals surface area contributed by atoms with Crippen LogP contribution in [0.2, 0.25) is 0 Å². The Morgan fingerprint density at radius 2 is 2.28 bits per heavy atom. The molecule has 1 aromatic rings. The van der Waals surface area contributed by atoms with Gasteiger partial charge in [-0.15, -0.1) is 0 Å². The molecule has 1 fully saturated rings. The molecular weight excluding hydrogens is 224 g/mol. The summed E-state index contributed by atoms with van der Waals surface area (Å²) in [7, 11) is 1.75. The number of methoxy groups -OCH3 is 1. The summed E-state index contributed by atoms with van der Waals surface area (Å²) in [5, 5.41) is 3.44. The summed E-state index contributed by atoms with van der Waals surface area (Å²) in [4.78, 5) is 2.45. The molecule has 3 nitrogen and oxygen atoms in total. The first kappa shape index (κ1) is 13.2. The van der Waals surface area contributed by atoms with Crippen LogP contribution < -0.4 is 15.0 Å². The summed E-state index contributed by atoms with van der Waals surface area (Å²) in [6, 6.07) is 6.41. The van der Waals surface area contributed by atoms with Gasteiger partial charge in [0.1, 0.15) is 5.75 Å². The Hall–Kier alpha value is -1.22. The van der Waals surface area contributed by atoms with Crippen molar-refractivity contribution in [1.82, 2.24) is 5.32 Å². The molecule has 1 aromatic carbocycles. The molecule has 1 heterocycles. The van der Waals surface area contributed by atoms with Gasteiger partial charge in [-0.25, -0.2) is 0 Å². The summed E-state index contributed by atoms with van der Waals surface area (Å²) in [6.45, 7) is 8.75. The lowest BCUT2D eigenvalue weighted by atomic mass is 10.1. The molecule has 1 unspecified atom stereocenters. The Kier molecular flexibility index (Phi) is 4.48. The Morgan fingerprint density at radius 3 is 3.00 bits per heavy atom. The molecule has 2 rings (SSSR count). The van der Waals surface area contributed by atoms with Crippen molar-refractivity contribution >= 4 is 5.69 Å². The summed E-state index contributed by atoms with van der Waals surface area (Å²) in [5.74, 6) is 1.75. The molecule has 100 valence electrons. The zero-order valence-electron chi connectivity index (χ0n) is 11.7. The van der Waals surface area contributed by atoms with Gasteiger partial charge in [-0.05, 0) is 50.0 Å². The second kappa shape index (κ2) is 6.10. The van der Waals surface area contributed by atoms with E-state index in [1.807, 2.05) is 0 Å². The van der Waals surface area contributed by atoms with Crippen LogP contribution in [0.25, 0.3) is 0 Å². The van der Waals surface area contributed by atoms with E-state index < -0.39 is 0 Å². The smallest absolute Gasteiger partial charge is 0.142 e. The molecule has 1 N–H and O–H groups in total. The maximum atomic E-state index is 5.47. The van der Waals surface area contributed by atoms with Crippen LogP contribution >= 0.6 is 0 Å². The summed E-state index contributed by atoms with van der Waals surface area (Å²) in [6.07, 6.45) is 1.27. The number of hydrogen-bond donors (Lipinski definition) is 1. The van der Waals surface area contributed by atoms with E-state index in [1.165, 1.54) is 17.7 Å². The summed E-state index contributed by atoms with van der Waals surface area (Å²) in [5.41, 5.74) is 2.54. The van der Waals surface area contributed by atoms with E-state index in [4.69, 9.17) is 4.74 Å². The Morgan fingerprint density at radius 1 is 1.44 bits per heavy atom. The molecule has 1 atom stereocenters. The monoisotopic (exact) mass is 248 g/mol. The molecule has 1 saturated heterocycles. The Balaban J connectivity index is 2.06. The minimum atomic E-state index is 0.759. The highest BCUT2D eigenvalue weighted by Gasteiger charge is 2.24. The molecule has 0 radical (unpaired) electrons. The van der Waals surface area contributed by atoms with E-state index in [0.717, 1.165) is 37.8 Å². The second-order valence-corrected chi connectivity index (χ2v) is 5.08. The van der Waals surface area contributed by atoms with Crippen molar-refractivity contribution in [3.05, 3.63) is 23.8 Å². The third kappa shape index (κ3) is 2.96. The molecule has 1 aliphatic heterocycles. The van der Waals surface area contributed by atoms with Gasteiger partial charge in [-0.1, -0.05) is 13.0 Å². The average Bonchev–Trinajstić information content (AvgIpc) is 2.85. The lowest BCUT2D eigenvalue weighted by Crippen LogP contribution is -2.26. The summed E-state index contributed by atoms with van der Waals surface area (Å²) >= 11 is 0. The molecular formula is C15H24N2O. The molecule has 0 aromatic heterocycles. The topological polar surface area (TPSA) is 24.5 Å². The number of nitrogens with zero attached hydrogens (tertiary/aromatic N) is 1. The average molecular weight is 248 g/mol. The fraction of sp³-hybridized carbons (Fsp3) is 0.600. The number of benzene rings is 1. The maximum absolute atomic E-state index is 5.47. The van der Waals surface area contributed by atoms with Gasteiger partial charge in [0.05, 0.1) is 12.8 Å². The van der Waals surface area contributed by atoms with Crippen molar-refractivity contribution in [1.29, 1.82) is 0 Å². The van der Waals surface area contributed by atoms with Gasteiger partial charge in [-0.2, -0.15) is 0 Å². The molecule has 0 spiro atoms. The fourth-order valence-electron chi connectivity index (χ4n) is 2.61. The van der Waals surface area contributed by atoms with Gasteiger partial charge in [0, 0.05) is 13.1 Å². The van der Waals surface area contributed by atoms with Crippen LogP contribution in [0.4, 0.5) is 5.69 Å². The molecule has 1 aliphatic rings. The van der Waals surface area contributed by atoms with E-state index in [-0.39, 0.29) is 0 Å². The third-order valence-corrected chi connectivity index (χ3v) is 3.64. The standard InChI is InChI=1S/C15H24N2O/c1-4-16-10-13-7-8-17(11-13)14-9-12(2)5-6-15(14)18-3/h5-6,9,13,16H,4,7-8,10-11H2,1-3H3. The van der Waals surface area contributed by atoms with Crippen molar-refractivity contribution in [2.24, 2.45) is 5.92 Å². The first-order chi connectivity index (χ1) is 8.74. The lowest BCUT2D eigenvalue weighted by molar-refractivity contribution is 0.414. The first-order valence-electron chi connectivity index (χ1n) is 6.85. The molecule has 0 bridgehead atoms. The van der Waals surface area contributed by atoms with Crippen LogP contribution in [0.1, 0.15) is 18.9 Å². The van der Waals surface area contributed by atoms with E-state index in [0.29, 0.717) is 0 Å². The van der Waals surface area contributed by atoms with Gasteiger partial charge >= 0.3 is 0 Å². The SMILES string of the molecule is CCNCC1CCN(c2cc(C)ccc2OC)C1. The molecule has 0 amide bonds. The minimum absolute atomic E-state index is 0.759. The minimum Gasteiger partial charge on any atom is -0.495 e. The van der Waals surface area contributed by atoms with Crippen molar-refractivity contribution in [2.45, 2.75) is 20.3 Å². The number of nitrogens with one attached hydrogen (secondary N) is 1. The van der Waals surface area contributed by atoms with Gasteiger partial charge < -0.3 is 15.0 Å². The van der Waals surface area contributed by atoms with Crippen LogP contribution in [0.5, 0.6) is 5.75 Å². The van der Waals surface area contributed by atoms with Crippen molar-refractivity contribution < 1.29 is 4.74 Å². The number of ether oxygens (including phenoxy) is 1. The van der Waals surface area contributed by atoms with E-state index in [2.05, 4.69) is 42.3 Å². The van der Waals surface area contributed by atoms with Crippen molar-refractivity contribution in [3.63, 3.8) is 0 Å². The van der Waals surface area contributed by atoms with Crippen LogP contribution in [0.3, 0.4) is 0 Å². The van der Waals surface area contributed by atoms with Crippen LogP contribution in [-0.4, -0.2) is 33.3 Å². The van der Waals surface area contributed by atoms with Gasteiger partial charge in [0.15, 0.2) is 0 Å². The van der Waals surface area contributed by atoms with Gasteiger partial charge in [0.2, 0.25) is 0 Å². The molecule has 3 heteroatoms. The maximum Gasteiger partial charge on any atom is 0.142 e. The highest BCUT2D eigenvalue weighted by Crippen LogP contribution is 2.32. The van der Waals surface area contributed by atoms with Crippen LogP contribution in [-0.2, 0) is 0 Å². The van der Waals surface area contributed by atoms with Crippen LogP contribution in [0, 0.1) is 12.8 Å². The highest BCUT2D eigenvalue weighted by molar-refractivity contribution is 5.60. The fourth-order valence-corrected chi connectivity index (χ4v) is 2.61. The number of hydrogen-bond acceptors (Lipinski definition) is 3. The quantitative estimate of drug-likeness (QED) is 0.866. The zero-order chi connectivity index (χ0) is 13.0. The normalized spacial score (nSPS) is 19.3. The predicted octanol–water partition coefficient (Wildman–Crippen LogP) is 2.44. The zero-order valence-corrected chi connectivity index (χ0v) is 11.7. The van der Waals surface area contributed by atoms with E-state index in [1.54, 1.807) is 7.11 Å². The lowest BCUT2D eigenvalue weighted by Gasteiger charge is -2.22. The van der Waals surface area contributed by atoms with Crippen molar-refractivity contribution in [3.8, 4) is 5.75 Å². The second-order valence-electron chi connectivity index (χ2n) is 5.08. The number of anilines is 1. The largest absolute Gasteiger partial charge is 0.495 e. The number of aryl methyl sites for hydroxylation is 1. The molecule has 0 saturated carbocycles.